The number of amides is 1. The van der Waals surface area contributed by atoms with E-state index < -0.39 is 0 Å². The molecule has 1 aliphatic rings. The van der Waals surface area contributed by atoms with Crippen molar-refractivity contribution in [1.82, 2.24) is 14.8 Å². The van der Waals surface area contributed by atoms with Crippen molar-refractivity contribution < 1.29 is 9.21 Å². The van der Waals surface area contributed by atoms with Gasteiger partial charge < -0.3 is 9.73 Å². The van der Waals surface area contributed by atoms with Gasteiger partial charge in [-0.3, -0.25) is 4.79 Å². The lowest BCUT2D eigenvalue weighted by Gasteiger charge is -2.14. The van der Waals surface area contributed by atoms with Crippen LogP contribution in [0.3, 0.4) is 0 Å². The number of furan rings is 1. The van der Waals surface area contributed by atoms with Gasteiger partial charge in [-0.05, 0) is 37.1 Å². The maximum atomic E-state index is 12.6. The molecule has 27 heavy (non-hydrogen) atoms. The second-order valence-electron chi connectivity index (χ2n) is 6.70. The number of nitrogens with zero attached hydrogens (tertiary/aromatic N) is 3. The highest BCUT2D eigenvalue weighted by Gasteiger charge is 2.22. The third-order valence-corrected chi connectivity index (χ3v) is 5.97. The molecule has 0 atom stereocenters. The molecule has 0 unspecified atom stereocenters. The molecule has 7 heteroatoms. The molecule has 0 bridgehead atoms. The van der Waals surface area contributed by atoms with E-state index in [1.807, 2.05) is 35.0 Å². The molecule has 4 aromatic rings. The van der Waals surface area contributed by atoms with Crippen LogP contribution in [0.15, 0.2) is 53.1 Å². The van der Waals surface area contributed by atoms with Gasteiger partial charge in [-0.25, -0.2) is 9.67 Å². The normalized spacial score (nSPS) is 14.8. The predicted molar refractivity (Wildman–Crippen MR) is 105 cm³/mol. The highest BCUT2D eigenvalue weighted by atomic mass is 32.1. The summed E-state index contributed by atoms with van der Waals surface area (Å²) in [5.41, 5.74) is 0.931. The zero-order chi connectivity index (χ0) is 18.2. The molecule has 1 aromatic carbocycles. The Hall–Kier alpha value is -2.93. The Labute approximate surface area is 159 Å². The fourth-order valence-corrected chi connectivity index (χ4v) is 4.51. The molecule has 1 fully saturated rings. The topological polar surface area (TPSA) is 73.0 Å². The highest BCUT2D eigenvalue weighted by Crippen LogP contribution is 2.33. The van der Waals surface area contributed by atoms with Crippen LogP contribution in [0.1, 0.15) is 42.3 Å². The number of anilines is 1. The van der Waals surface area contributed by atoms with Crippen molar-refractivity contribution in [3.05, 3.63) is 54.4 Å². The van der Waals surface area contributed by atoms with Gasteiger partial charge in [0.1, 0.15) is 5.82 Å². The number of nitrogens with one attached hydrogen (secondary N) is 1. The number of carbonyl (C=O) groups is 1. The molecule has 3 heterocycles. The molecule has 0 saturated heterocycles. The number of rotatable bonds is 4. The van der Waals surface area contributed by atoms with E-state index in [1.54, 1.807) is 29.7 Å². The first-order valence-corrected chi connectivity index (χ1v) is 9.90. The van der Waals surface area contributed by atoms with Crippen LogP contribution in [-0.2, 0) is 0 Å². The second-order valence-corrected chi connectivity index (χ2v) is 7.73. The van der Waals surface area contributed by atoms with E-state index in [2.05, 4.69) is 15.4 Å². The number of aromatic nitrogens is 3. The number of hydrogen-bond acceptors (Lipinski definition) is 5. The SMILES string of the molecule is O=C(Nc1ccnn1C1CCCC1)c1ccc(-c2nc3ccccc3s2)o1. The summed E-state index contributed by atoms with van der Waals surface area (Å²) in [7, 11) is 0. The molecule has 136 valence electrons. The Bertz CT molecular complexity index is 1070. The van der Waals surface area contributed by atoms with Crippen LogP contribution in [0, 0.1) is 0 Å². The molecular formula is C20H18N4O2S. The molecule has 5 rings (SSSR count). The zero-order valence-corrected chi connectivity index (χ0v) is 15.4. The van der Waals surface area contributed by atoms with Crippen molar-refractivity contribution in [2.24, 2.45) is 0 Å². The van der Waals surface area contributed by atoms with E-state index in [-0.39, 0.29) is 11.7 Å². The first-order chi connectivity index (χ1) is 13.3. The molecule has 1 saturated carbocycles. The van der Waals surface area contributed by atoms with Crippen molar-refractivity contribution in [3.63, 3.8) is 0 Å². The standard InChI is InChI=1S/C20H18N4O2S/c25-19(23-18-11-12-21-24(18)13-5-1-2-6-13)15-9-10-16(26-15)20-22-14-7-3-4-8-17(14)27-20/h3-4,7-13H,1-2,5-6H2,(H,23,25). The van der Waals surface area contributed by atoms with Gasteiger partial charge in [-0.2, -0.15) is 5.10 Å². The lowest BCUT2D eigenvalue weighted by atomic mass is 10.2. The molecule has 1 aliphatic carbocycles. The first-order valence-electron chi connectivity index (χ1n) is 9.08. The van der Waals surface area contributed by atoms with Gasteiger partial charge >= 0.3 is 0 Å². The summed E-state index contributed by atoms with van der Waals surface area (Å²) in [6.45, 7) is 0. The Morgan fingerprint density at radius 3 is 2.85 bits per heavy atom. The van der Waals surface area contributed by atoms with Crippen LogP contribution in [0.5, 0.6) is 0 Å². The summed E-state index contributed by atoms with van der Waals surface area (Å²) in [5, 5.41) is 8.08. The number of para-hydroxylation sites is 1. The Morgan fingerprint density at radius 2 is 2.00 bits per heavy atom. The molecular weight excluding hydrogens is 360 g/mol. The summed E-state index contributed by atoms with van der Waals surface area (Å²) >= 11 is 1.55. The lowest BCUT2D eigenvalue weighted by molar-refractivity contribution is 0.0996. The smallest absolute Gasteiger partial charge is 0.292 e. The number of benzene rings is 1. The van der Waals surface area contributed by atoms with E-state index in [4.69, 9.17) is 4.42 Å². The van der Waals surface area contributed by atoms with Crippen LogP contribution in [0.2, 0.25) is 0 Å². The molecule has 0 radical (unpaired) electrons. The maximum Gasteiger partial charge on any atom is 0.292 e. The number of fused-ring (bicyclic) bond motifs is 1. The van der Waals surface area contributed by atoms with Crippen LogP contribution in [0.25, 0.3) is 21.0 Å². The first kappa shape index (κ1) is 16.3. The van der Waals surface area contributed by atoms with Crippen LogP contribution in [-0.4, -0.2) is 20.7 Å². The third kappa shape index (κ3) is 3.04. The van der Waals surface area contributed by atoms with E-state index in [0.29, 0.717) is 17.6 Å². The molecule has 1 N–H and O–H groups in total. The molecule has 0 spiro atoms. The second kappa shape index (κ2) is 6.66. The quantitative estimate of drug-likeness (QED) is 0.535. The highest BCUT2D eigenvalue weighted by molar-refractivity contribution is 7.21. The van der Waals surface area contributed by atoms with Gasteiger partial charge in [0.05, 0.1) is 22.5 Å². The summed E-state index contributed by atoms with van der Waals surface area (Å²) in [6.07, 6.45) is 6.35. The van der Waals surface area contributed by atoms with Gasteiger partial charge in [0.15, 0.2) is 16.5 Å². The van der Waals surface area contributed by atoms with Gasteiger partial charge in [-0.15, -0.1) is 11.3 Å². The van der Waals surface area contributed by atoms with Gasteiger partial charge in [-0.1, -0.05) is 25.0 Å². The van der Waals surface area contributed by atoms with Gasteiger partial charge in [0.25, 0.3) is 5.91 Å². The zero-order valence-electron chi connectivity index (χ0n) is 14.6. The number of carbonyl (C=O) groups excluding carboxylic acids is 1. The fourth-order valence-electron chi connectivity index (χ4n) is 3.58. The number of hydrogen-bond donors (Lipinski definition) is 1. The van der Waals surface area contributed by atoms with E-state index >= 15 is 0 Å². The van der Waals surface area contributed by atoms with Crippen LogP contribution in [0.4, 0.5) is 5.82 Å². The van der Waals surface area contributed by atoms with Crippen LogP contribution >= 0.6 is 11.3 Å². The van der Waals surface area contributed by atoms with Crippen molar-refractivity contribution in [3.8, 4) is 10.8 Å². The van der Waals surface area contributed by atoms with E-state index in [1.165, 1.54) is 12.8 Å². The van der Waals surface area contributed by atoms with Crippen molar-refractivity contribution in [1.29, 1.82) is 0 Å². The Balaban J connectivity index is 1.37. The summed E-state index contributed by atoms with van der Waals surface area (Å²) in [4.78, 5) is 17.2. The number of thiazole rings is 1. The summed E-state index contributed by atoms with van der Waals surface area (Å²) in [5.74, 6) is 1.31. The van der Waals surface area contributed by atoms with Gasteiger partial charge in [0.2, 0.25) is 0 Å². The van der Waals surface area contributed by atoms with Crippen LogP contribution < -0.4 is 5.32 Å². The van der Waals surface area contributed by atoms with Crippen molar-refractivity contribution in [2.45, 2.75) is 31.7 Å². The van der Waals surface area contributed by atoms with Gasteiger partial charge in [0, 0.05) is 6.07 Å². The average molecular weight is 378 g/mol. The molecule has 1 amide bonds. The Kier molecular flexibility index (Phi) is 4.01. The minimum absolute atomic E-state index is 0.267. The van der Waals surface area contributed by atoms with E-state index in [0.717, 1.165) is 28.1 Å². The Morgan fingerprint density at radius 1 is 1.15 bits per heavy atom. The predicted octanol–water partition coefficient (Wildman–Crippen LogP) is 5.12. The lowest BCUT2D eigenvalue weighted by Crippen LogP contribution is -2.17. The summed E-state index contributed by atoms with van der Waals surface area (Å²) in [6, 6.07) is 13.6. The van der Waals surface area contributed by atoms with Crippen molar-refractivity contribution >= 4 is 33.3 Å². The average Bonchev–Trinajstić information content (AvgIpc) is 3.46. The minimum atomic E-state index is -0.276. The molecule has 0 aliphatic heterocycles. The molecule has 3 aromatic heterocycles. The third-order valence-electron chi connectivity index (χ3n) is 4.92. The minimum Gasteiger partial charge on any atom is -0.448 e. The molecule has 6 nitrogen and oxygen atoms in total. The largest absolute Gasteiger partial charge is 0.448 e. The van der Waals surface area contributed by atoms with Crippen molar-refractivity contribution in [2.75, 3.05) is 5.32 Å². The van der Waals surface area contributed by atoms with E-state index in [9.17, 15) is 4.79 Å². The monoisotopic (exact) mass is 378 g/mol. The fraction of sp³-hybridized carbons (Fsp3) is 0.250. The maximum absolute atomic E-state index is 12.6. The summed E-state index contributed by atoms with van der Waals surface area (Å²) < 4.78 is 8.79.